The Morgan fingerprint density at radius 2 is 2.00 bits per heavy atom. The van der Waals surface area contributed by atoms with Gasteiger partial charge in [0.25, 0.3) is 0 Å². The van der Waals surface area contributed by atoms with E-state index < -0.39 is 0 Å². The minimum Gasteiger partial charge on any atom is -0.378 e. The molecule has 4 nitrogen and oxygen atoms in total. The molecule has 0 atom stereocenters. The van der Waals surface area contributed by atoms with Crippen molar-refractivity contribution in [2.24, 2.45) is 7.05 Å². The summed E-state index contributed by atoms with van der Waals surface area (Å²) in [7, 11) is 4.19. The van der Waals surface area contributed by atoms with E-state index in [9.17, 15) is 0 Å². The Morgan fingerprint density at radius 1 is 1.25 bits per heavy atom. The molecular weight excluding hydrogens is 320 g/mol. The van der Waals surface area contributed by atoms with Crippen LogP contribution < -0.4 is 5.32 Å². The molecule has 1 N–H and O–H groups in total. The standard InChI is InChI=1S/C19H27ClN4/c1-23(16-9-4-3-5-10-16)14-15-8-6-7-11-17(15)21-13-19-22-12-18(20)24(19)2/h6-8,11-12,16,21H,3-5,9-10,13-14H2,1-2H3. The third kappa shape index (κ3) is 4.11. The fraction of sp³-hybridized carbons (Fsp3) is 0.526. The van der Waals surface area contributed by atoms with Crippen LogP contribution in [0.15, 0.2) is 30.5 Å². The molecule has 0 amide bonds. The quantitative estimate of drug-likeness (QED) is 0.838. The predicted octanol–water partition coefficient (Wildman–Crippen LogP) is 4.45. The maximum atomic E-state index is 6.06. The van der Waals surface area contributed by atoms with Gasteiger partial charge < -0.3 is 9.88 Å². The molecular formula is C19H27ClN4. The van der Waals surface area contributed by atoms with Gasteiger partial charge in [-0.15, -0.1) is 0 Å². The number of para-hydroxylation sites is 1. The predicted molar refractivity (Wildman–Crippen MR) is 100 cm³/mol. The Hall–Kier alpha value is -1.52. The highest BCUT2D eigenvalue weighted by Gasteiger charge is 2.18. The molecule has 0 saturated heterocycles. The van der Waals surface area contributed by atoms with Crippen LogP contribution in [-0.2, 0) is 20.1 Å². The third-order valence-corrected chi connectivity index (χ3v) is 5.45. The minimum atomic E-state index is 0.664. The fourth-order valence-electron chi connectivity index (χ4n) is 3.51. The van der Waals surface area contributed by atoms with Crippen LogP contribution in [0.1, 0.15) is 43.5 Å². The van der Waals surface area contributed by atoms with Gasteiger partial charge >= 0.3 is 0 Å². The molecule has 1 fully saturated rings. The fourth-order valence-corrected chi connectivity index (χ4v) is 3.66. The topological polar surface area (TPSA) is 33.1 Å². The lowest BCUT2D eigenvalue weighted by atomic mass is 9.94. The average molecular weight is 347 g/mol. The zero-order valence-corrected chi connectivity index (χ0v) is 15.4. The van der Waals surface area contributed by atoms with Gasteiger partial charge in [-0.2, -0.15) is 0 Å². The van der Waals surface area contributed by atoms with Crippen molar-refractivity contribution in [2.75, 3.05) is 12.4 Å². The number of hydrogen-bond donors (Lipinski definition) is 1. The van der Waals surface area contributed by atoms with Gasteiger partial charge in [-0.25, -0.2) is 4.98 Å². The van der Waals surface area contributed by atoms with Crippen LogP contribution in [0, 0.1) is 0 Å². The summed E-state index contributed by atoms with van der Waals surface area (Å²) in [5.74, 6) is 0.940. The lowest BCUT2D eigenvalue weighted by Crippen LogP contribution is -2.33. The number of anilines is 1. The van der Waals surface area contributed by atoms with Crippen LogP contribution in [0.25, 0.3) is 0 Å². The lowest BCUT2D eigenvalue weighted by Gasteiger charge is -2.31. The molecule has 3 rings (SSSR count). The molecule has 1 aliphatic carbocycles. The maximum absolute atomic E-state index is 6.06. The first-order valence-corrected chi connectivity index (χ1v) is 9.21. The van der Waals surface area contributed by atoms with Crippen LogP contribution in [0.3, 0.4) is 0 Å². The van der Waals surface area contributed by atoms with Crippen LogP contribution >= 0.6 is 11.6 Å². The number of nitrogens with zero attached hydrogens (tertiary/aromatic N) is 3. The summed E-state index contributed by atoms with van der Waals surface area (Å²) in [6.07, 6.45) is 8.50. The number of hydrogen-bond acceptors (Lipinski definition) is 3. The van der Waals surface area contributed by atoms with Crippen molar-refractivity contribution < 1.29 is 0 Å². The van der Waals surface area contributed by atoms with Crippen molar-refractivity contribution in [1.82, 2.24) is 14.5 Å². The summed E-state index contributed by atoms with van der Waals surface area (Å²) in [6.45, 7) is 1.66. The van der Waals surface area contributed by atoms with Crippen LogP contribution in [0.2, 0.25) is 5.15 Å². The number of nitrogens with one attached hydrogen (secondary N) is 1. The first-order valence-electron chi connectivity index (χ1n) is 8.83. The largest absolute Gasteiger partial charge is 0.378 e. The molecule has 1 aromatic carbocycles. The third-order valence-electron chi connectivity index (χ3n) is 5.10. The minimum absolute atomic E-state index is 0.664. The van der Waals surface area contributed by atoms with E-state index in [0.29, 0.717) is 11.7 Å². The van der Waals surface area contributed by atoms with Crippen LogP contribution in [-0.4, -0.2) is 27.5 Å². The summed E-state index contributed by atoms with van der Waals surface area (Å²) >= 11 is 6.06. The molecule has 0 radical (unpaired) electrons. The van der Waals surface area contributed by atoms with Gasteiger partial charge in [0.15, 0.2) is 0 Å². The monoisotopic (exact) mass is 346 g/mol. The van der Waals surface area contributed by atoms with Gasteiger partial charge in [0, 0.05) is 25.3 Å². The van der Waals surface area contributed by atoms with Gasteiger partial charge in [-0.05, 0) is 31.5 Å². The Morgan fingerprint density at radius 3 is 2.71 bits per heavy atom. The van der Waals surface area contributed by atoms with Crippen LogP contribution in [0.5, 0.6) is 0 Å². The van der Waals surface area contributed by atoms with Gasteiger partial charge in [-0.1, -0.05) is 49.1 Å². The molecule has 1 heterocycles. The maximum Gasteiger partial charge on any atom is 0.128 e. The normalized spacial score (nSPS) is 15.8. The molecule has 1 aliphatic rings. The van der Waals surface area contributed by atoms with Crippen molar-refractivity contribution in [1.29, 1.82) is 0 Å². The molecule has 24 heavy (non-hydrogen) atoms. The van der Waals surface area contributed by atoms with Crippen molar-refractivity contribution in [3.63, 3.8) is 0 Å². The number of aromatic nitrogens is 2. The van der Waals surface area contributed by atoms with E-state index in [0.717, 1.165) is 18.4 Å². The Labute approximate surface area is 149 Å². The number of benzene rings is 1. The second-order valence-corrected chi connectivity index (χ2v) is 7.16. The first-order chi connectivity index (χ1) is 11.6. The summed E-state index contributed by atoms with van der Waals surface area (Å²) in [4.78, 5) is 6.86. The molecule has 1 aromatic heterocycles. The summed E-state index contributed by atoms with van der Waals surface area (Å²) < 4.78 is 1.91. The first kappa shape index (κ1) is 17.3. The SMILES string of the molecule is CN(Cc1ccccc1NCc1ncc(Cl)n1C)C1CCCCC1. The molecule has 0 bridgehead atoms. The second-order valence-electron chi connectivity index (χ2n) is 6.77. The summed E-state index contributed by atoms with van der Waals surface area (Å²) in [5, 5.41) is 4.19. The highest BCUT2D eigenvalue weighted by atomic mass is 35.5. The van der Waals surface area contributed by atoms with E-state index in [4.69, 9.17) is 11.6 Å². The smallest absolute Gasteiger partial charge is 0.128 e. The van der Waals surface area contributed by atoms with Crippen LogP contribution in [0.4, 0.5) is 5.69 Å². The number of imidazole rings is 1. The lowest BCUT2D eigenvalue weighted by molar-refractivity contribution is 0.185. The Balaban J connectivity index is 1.65. The van der Waals surface area contributed by atoms with Crippen molar-refractivity contribution >= 4 is 17.3 Å². The second kappa shape index (κ2) is 8.04. The summed E-state index contributed by atoms with van der Waals surface area (Å²) in [5.41, 5.74) is 2.52. The van der Waals surface area contributed by atoms with Gasteiger partial charge in [-0.3, -0.25) is 4.90 Å². The van der Waals surface area contributed by atoms with E-state index in [-0.39, 0.29) is 0 Å². The van der Waals surface area contributed by atoms with Crippen molar-refractivity contribution in [2.45, 2.75) is 51.2 Å². The molecule has 0 aliphatic heterocycles. The van der Waals surface area contributed by atoms with Gasteiger partial charge in [0.2, 0.25) is 0 Å². The molecule has 5 heteroatoms. The van der Waals surface area contributed by atoms with Gasteiger partial charge in [0.1, 0.15) is 11.0 Å². The van der Waals surface area contributed by atoms with E-state index in [2.05, 4.69) is 46.5 Å². The summed E-state index contributed by atoms with van der Waals surface area (Å²) in [6, 6.07) is 9.28. The van der Waals surface area contributed by atoms with E-state index >= 15 is 0 Å². The highest BCUT2D eigenvalue weighted by molar-refractivity contribution is 6.29. The zero-order valence-electron chi connectivity index (χ0n) is 14.6. The number of halogens is 1. The molecule has 0 unspecified atom stereocenters. The average Bonchev–Trinajstić information content (AvgIpc) is 2.93. The molecule has 0 spiro atoms. The van der Waals surface area contributed by atoms with E-state index in [1.807, 2.05) is 11.6 Å². The van der Waals surface area contributed by atoms with Gasteiger partial charge in [0.05, 0.1) is 12.7 Å². The van der Waals surface area contributed by atoms with E-state index in [1.54, 1.807) is 6.20 Å². The Kier molecular flexibility index (Phi) is 5.80. The van der Waals surface area contributed by atoms with Crippen molar-refractivity contribution in [3.05, 3.63) is 47.0 Å². The zero-order chi connectivity index (χ0) is 16.9. The molecule has 130 valence electrons. The Bertz CT molecular complexity index is 661. The van der Waals surface area contributed by atoms with Crippen molar-refractivity contribution in [3.8, 4) is 0 Å². The molecule has 1 saturated carbocycles. The number of rotatable bonds is 6. The molecule has 2 aromatic rings. The highest BCUT2D eigenvalue weighted by Crippen LogP contribution is 2.25. The van der Waals surface area contributed by atoms with E-state index in [1.165, 1.54) is 43.4 Å².